The molecule has 0 saturated heterocycles. The van der Waals surface area contributed by atoms with Crippen LogP contribution in [0.3, 0.4) is 0 Å². The summed E-state index contributed by atoms with van der Waals surface area (Å²) in [5.74, 6) is 0. The van der Waals surface area contributed by atoms with Gasteiger partial charge in [-0.1, -0.05) is 25.1 Å². The van der Waals surface area contributed by atoms with Gasteiger partial charge >= 0.3 is 0 Å². The number of benzene rings is 1. The SMILES string of the molecule is CCCn1ccc(-c2coc3ccccc23)n1. The molecule has 0 spiro atoms. The zero-order chi connectivity index (χ0) is 11.7. The van der Waals surface area contributed by atoms with Crippen molar-refractivity contribution in [3.63, 3.8) is 0 Å². The van der Waals surface area contributed by atoms with Crippen molar-refractivity contribution < 1.29 is 4.42 Å². The van der Waals surface area contributed by atoms with Crippen LogP contribution in [-0.2, 0) is 6.54 Å². The lowest BCUT2D eigenvalue weighted by Gasteiger charge is -1.96. The Kier molecular flexibility index (Phi) is 2.44. The van der Waals surface area contributed by atoms with E-state index in [2.05, 4.69) is 18.1 Å². The predicted molar refractivity (Wildman–Crippen MR) is 67.7 cm³/mol. The molecule has 17 heavy (non-hydrogen) atoms. The minimum absolute atomic E-state index is 0.910. The van der Waals surface area contributed by atoms with E-state index in [1.165, 1.54) is 0 Å². The number of rotatable bonds is 3. The van der Waals surface area contributed by atoms with E-state index in [1.807, 2.05) is 35.1 Å². The topological polar surface area (TPSA) is 31.0 Å². The summed E-state index contributed by atoms with van der Waals surface area (Å²) in [6.07, 6.45) is 4.89. The first-order valence-electron chi connectivity index (χ1n) is 5.88. The predicted octanol–water partition coefficient (Wildman–Crippen LogP) is 3.71. The van der Waals surface area contributed by atoms with Crippen molar-refractivity contribution in [1.29, 1.82) is 0 Å². The fourth-order valence-corrected chi connectivity index (χ4v) is 2.04. The Morgan fingerprint density at radius 2 is 2.12 bits per heavy atom. The highest BCUT2D eigenvalue weighted by Gasteiger charge is 2.09. The molecule has 1 aromatic carbocycles. The smallest absolute Gasteiger partial charge is 0.134 e. The molecular weight excluding hydrogens is 212 g/mol. The lowest BCUT2D eigenvalue weighted by atomic mass is 10.1. The number of hydrogen-bond acceptors (Lipinski definition) is 2. The quantitative estimate of drug-likeness (QED) is 0.681. The monoisotopic (exact) mass is 226 g/mol. The second-order valence-corrected chi connectivity index (χ2v) is 4.11. The molecule has 0 radical (unpaired) electrons. The molecule has 0 aliphatic carbocycles. The molecule has 3 heteroatoms. The number of aromatic nitrogens is 2. The molecule has 2 aromatic heterocycles. The van der Waals surface area contributed by atoms with E-state index in [0.717, 1.165) is 35.2 Å². The molecule has 0 unspecified atom stereocenters. The van der Waals surface area contributed by atoms with E-state index in [0.29, 0.717) is 0 Å². The van der Waals surface area contributed by atoms with E-state index in [1.54, 1.807) is 6.26 Å². The molecular formula is C14H14N2O. The van der Waals surface area contributed by atoms with Crippen LogP contribution in [0.4, 0.5) is 0 Å². The third-order valence-electron chi connectivity index (χ3n) is 2.85. The van der Waals surface area contributed by atoms with Crippen LogP contribution in [0.5, 0.6) is 0 Å². The van der Waals surface area contributed by atoms with Crippen molar-refractivity contribution in [3.05, 3.63) is 42.8 Å². The van der Waals surface area contributed by atoms with Crippen LogP contribution in [-0.4, -0.2) is 9.78 Å². The average Bonchev–Trinajstić information content (AvgIpc) is 2.95. The zero-order valence-electron chi connectivity index (χ0n) is 9.76. The van der Waals surface area contributed by atoms with Gasteiger partial charge in [-0.3, -0.25) is 4.68 Å². The molecule has 0 atom stereocenters. The first-order valence-corrected chi connectivity index (χ1v) is 5.88. The second kappa shape index (κ2) is 4.09. The summed E-state index contributed by atoms with van der Waals surface area (Å²) in [5, 5.41) is 5.67. The van der Waals surface area contributed by atoms with Gasteiger partial charge in [0, 0.05) is 23.7 Å². The number of furan rings is 1. The Bertz CT molecular complexity index is 636. The average molecular weight is 226 g/mol. The maximum absolute atomic E-state index is 5.52. The van der Waals surface area contributed by atoms with Crippen LogP contribution >= 0.6 is 0 Å². The maximum atomic E-state index is 5.52. The first kappa shape index (κ1) is 10.1. The Morgan fingerprint density at radius 3 is 3.00 bits per heavy atom. The molecule has 3 rings (SSSR count). The van der Waals surface area contributed by atoms with Crippen molar-refractivity contribution in [3.8, 4) is 11.3 Å². The normalized spacial score (nSPS) is 11.1. The highest BCUT2D eigenvalue weighted by molar-refractivity contribution is 5.92. The molecule has 2 heterocycles. The first-order chi connectivity index (χ1) is 8.38. The van der Waals surface area contributed by atoms with Gasteiger partial charge in [0.05, 0.1) is 5.69 Å². The molecule has 0 aliphatic heterocycles. The largest absolute Gasteiger partial charge is 0.464 e. The highest BCUT2D eigenvalue weighted by atomic mass is 16.3. The standard InChI is InChI=1S/C14H14N2O/c1-2-8-16-9-7-13(15-16)12-10-17-14-6-4-3-5-11(12)14/h3-7,9-10H,2,8H2,1H3. The highest BCUT2D eigenvalue weighted by Crippen LogP contribution is 2.28. The van der Waals surface area contributed by atoms with E-state index < -0.39 is 0 Å². The number of fused-ring (bicyclic) bond motifs is 1. The van der Waals surface area contributed by atoms with E-state index in [9.17, 15) is 0 Å². The lowest BCUT2D eigenvalue weighted by molar-refractivity contribution is 0.602. The van der Waals surface area contributed by atoms with Crippen molar-refractivity contribution in [2.75, 3.05) is 0 Å². The minimum atomic E-state index is 0.910. The summed E-state index contributed by atoms with van der Waals surface area (Å²) < 4.78 is 7.49. The zero-order valence-corrected chi connectivity index (χ0v) is 9.76. The van der Waals surface area contributed by atoms with Crippen molar-refractivity contribution in [2.24, 2.45) is 0 Å². The van der Waals surface area contributed by atoms with Crippen molar-refractivity contribution in [1.82, 2.24) is 9.78 Å². The number of nitrogens with zero attached hydrogens (tertiary/aromatic N) is 2. The molecule has 0 aliphatic rings. The molecule has 3 aromatic rings. The summed E-state index contributed by atoms with van der Waals surface area (Å²) in [6, 6.07) is 10.1. The van der Waals surface area contributed by atoms with Gasteiger partial charge in [-0.25, -0.2) is 0 Å². The van der Waals surface area contributed by atoms with Crippen molar-refractivity contribution >= 4 is 11.0 Å². The second-order valence-electron chi connectivity index (χ2n) is 4.11. The van der Waals surface area contributed by atoms with Crippen LogP contribution in [0.25, 0.3) is 22.2 Å². The Balaban J connectivity index is 2.07. The van der Waals surface area contributed by atoms with Crippen molar-refractivity contribution in [2.45, 2.75) is 19.9 Å². The van der Waals surface area contributed by atoms with Crippen LogP contribution in [0, 0.1) is 0 Å². The van der Waals surface area contributed by atoms with Gasteiger partial charge in [0.2, 0.25) is 0 Å². The Labute approximate surface area is 99.7 Å². The molecule has 0 amide bonds. The van der Waals surface area contributed by atoms with Gasteiger partial charge in [-0.2, -0.15) is 5.10 Å². The molecule has 0 fully saturated rings. The Hall–Kier alpha value is -2.03. The maximum Gasteiger partial charge on any atom is 0.134 e. The van der Waals surface area contributed by atoms with Crippen LogP contribution in [0.2, 0.25) is 0 Å². The fourth-order valence-electron chi connectivity index (χ4n) is 2.04. The van der Waals surface area contributed by atoms with Gasteiger partial charge in [0.15, 0.2) is 0 Å². The van der Waals surface area contributed by atoms with Gasteiger partial charge in [-0.15, -0.1) is 0 Å². The molecule has 0 bridgehead atoms. The number of hydrogen-bond donors (Lipinski definition) is 0. The van der Waals surface area contributed by atoms with Gasteiger partial charge in [0.25, 0.3) is 0 Å². The third-order valence-corrected chi connectivity index (χ3v) is 2.85. The summed E-state index contributed by atoms with van der Waals surface area (Å²) in [4.78, 5) is 0. The summed E-state index contributed by atoms with van der Waals surface area (Å²) >= 11 is 0. The van der Waals surface area contributed by atoms with E-state index in [-0.39, 0.29) is 0 Å². The van der Waals surface area contributed by atoms with Gasteiger partial charge in [-0.05, 0) is 18.6 Å². The Morgan fingerprint density at radius 1 is 1.24 bits per heavy atom. The minimum Gasteiger partial charge on any atom is -0.464 e. The number of para-hydroxylation sites is 1. The lowest BCUT2D eigenvalue weighted by Crippen LogP contribution is -1.96. The molecule has 3 nitrogen and oxygen atoms in total. The molecule has 86 valence electrons. The molecule has 0 saturated carbocycles. The van der Waals surface area contributed by atoms with Crippen LogP contribution < -0.4 is 0 Å². The number of aryl methyl sites for hydroxylation is 1. The van der Waals surface area contributed by atoms with Crippen LogP contribution in [0.15, 0.2) is 47.2 Å². The fraction of sp³-hybridized carbons (Fsp3) is 0.214. The summed E-state index contributed by atoms with van der Waals surface area (Å²) in [5.41, 5.74) is 2.95. The van der Waals surface area contributed by atoms with E-state index in [4.69, 9.17) is 4.42 Å². The summed E-state index contributed by atoms with van der Waals surface area (Å²) in [7, 11) is 0. The van der Waals surface area contributed by atoms with Gasteiger partial charge in [0.1, 0.15) is 11.8 Å². The van der Waals surface area contributed by atoms with Gasteiger partial charge < -0.3 is 4.42 Å². The van der Waals surface area contributed by atoms with E-state index >= 15 is 0 Å². The summed E-state index contributed by atoms with van der Waals surface area (Å²) in [6.45, 7) is 3.10. The van der Waals surface area contributed by atoms with Crippen LogP contribution in [0.1, 0.15) is 13.3 Å². The third kappa shape index (κ3) is 1.73. The molecule has 0 N–H and O–H groups in total.